The van der Waals surface area contributed by atoms with Gasteiger partial charge in [0.15, 0.2) is 0 Å². The maximum Gasteiger partial charge on any atom is 0.236 e. The van der Waals surface area contributed by atoms with Crippen molar-refractivity contribution >= 4 is 5.91 Å². The van der Waals surface area contributed by atoms with Crippen LogP contribution in [0.25, 0.3) is 0 Å². The molecule has 1 saturated carbocycles. The average Bonchev–Trinajstić information content (AvgIpc) is 2.45. The lowest BCUT2D eigenvalue weighted by atomic mass is 9.79. The van der Waals surface area contributed by atoms with E-state index in [9.17, 15) is 4.79 Å². The van der Waals surface area contributed by atoms with Crippen molar-refractivity contribution in [2.75, 3.05) is 6.54 Å². The van der Waals surface area contributed by atoms with Gasteiger partial charge >= 0.3 is 0 Å². The molecule has 1 aliphatic heterocycles. The summed E-state index contributed by atoms with van der Waals surface area (Å²) >= 11 is 0. The van der Waals surface area contributed by atoms with Gasteiger partial charge in [0.05, 0.1) is 0 Å². The van der Waals surface area contributed by atoms with Gasteiger partial charge < -0.3 is 0 Å². The fourth-order valence-corrected chi connectivity index (χ4v) is 2.88. The van der Waals surface area contributed by atoms with E-state index >= 15 is 0 Å². The molecule has 1 amide bonds. The van der Waals surface area contributed by atoms with E-state index in [0.717, 1.165) is 19.4 Å². The quantitative estimate of drug-likeness (QED) is 0.731. The molecule has 1 aliphatic carbocycles. The Morgan fingerprint density at radius 3 is 2.71 bits per heavy atom. The standard InChI is InChI=1S/C11H20N2O/c1-2-8-13-11(9-10(14)12-13)6-4-3-5-7-11/h2-9H2,1H3,(H,12,14). The second-order valence-electron chi connectivity index (χ2n) is 4.65. The Balaban J connectivity index is 2.09. The first-order valence-electron chi connectivity index (χ1n) is 5.84. The van der Waals surface area contributed by atoms with E-state index in [1.165, 1.54) is 32.1 Å². The monoisotopic (exact) mass is 196 g/mol. The molecular formula is C11H20N2O. The molecule has 0 aromatic carbocycles. The van der Waals surface area contributed by atoms with Crippen LogP contribution in [0.3, 0.4) is 0 Å². The van der Waals surface area contributed by atoms with E-state index < -0.39 is 0 Å². The van der Waals surface area contributed by atoms with Gasteiger partial charge in [0.2, 0.25) is 5.91 Å². The molecule has 3 heteroatoms. The molecule has 0 aromatic heterocycles. The summed E-state index contributed by atoms with van der Waals surface area (Å²) in [4.78, 5) is 11.4. The number of hydrogen-bond acceptors (Lipinski definition) is 2. The van der Waals surface area contributed by atoms with Crippen molar-refractivity contribution in [3.8, 4) is 0 Å². The van der Waals surface area contributed by atoms with Crippen molar-refractivity contribution in [1.29, 1.82) is 0 Å². The van der Waals surface area contributed by atoms with Crippen molar-refractivity contribution < 1.29 is 4.79 Å². The minimum absolute atomic E-state index is 0.186. The highest BCUT2D eigenvalue weighted by Crippen LogP contribution is 2.38. The van der Waals surface area contributed by atoms with E-state index in [2.05, 4.69) is 17.4 Å². The molecule has 2 rings (SSSR count). The molecule has 14 heavy (non-hydrogen) atoms. The van der Waals surface area contributed by atoms with Gasteiger partial charge in [0, 0.05) is 18.5 Å². The van der Waals surface area contributed by atoms with E-state index in [0.29, 0.717) is 0 Å². The normalized spacial score (nSPS) is 26.8. The lowest BCUT2D eigenvalue weighted by molar-refractivity contribution is -0.121. The van der Waals surface area contributed by atoms with Crippen LogP contribution in [0, 0.1) is 0 Å². The molecule has 2 fully saturated rings. The minimum Gasteiger partial charge on any atom is -0.288 e. The number of hydrazine groups is 1. The topological polar surface area (TPSA) is 32.3 Å². The highest BCUT2D eigenvalue weighted by molar-refractivity contribution is 5.79. The molecule has 2 aliphatic rings. The van der Waals surface area contributed by atoms with Gasteiger partial charge in [-0.2, -0.15) is 0 Å². The van der Waals surface area contributed by atoms with Crippen LogP contribution in [-0.2, 0) is 4.79 Å². The number of carbonyl (C=O) groups is 1. The van der Waals surface area contributed by atoms with Crippen LogP contribution in [0.5, 0.6) is 0 Å². The molecule has 1 heterocycles. The number of rotatable bonds is 2. The first-order chi connectivity index (χ1) is 6.77. The smallest absolute Gasteiger partial charge is 0.236 e. The molecule has 1 N–H and O–H groups in total. The van der Waals surface area contributed by atoms with Gasteiger partial charge in [-0.1, -0.05) is 26.2 Å². The van der Waals surface area contributed by atoms with Crippen molar-refractivity contribution in [3.05, 3.63) is 0 Å². The maximum absolute atomic E-state index is 11.4. The Morgan fingerprint density at radius 1 is 1.36 bits per heavy atom. The third kappa shape index (κ3) is 1.65. The zero-order chi connectivity index (χ0) is 10.0. The number of hydrogen-bond donors (Lipinski definition) is 1. The molecule has 0 radical (unpaired) electrons. The van der Waals surface area contributed by atoms with Crippen molar-refractivity contribution in [1.82, 2.24) is 10.4 Å². The van der Waals surface area contributed by atoms with Crippen LogP contribution < -0.4 is 5.43 Å². The highest BCUT2D eigenvalue weighted by atomic mass is 16.2. The number of amides is 1. The molecule has 0 bridgehead atoms. The van der Waals surface area contributed by atoms with E-state index in [1.807, 2.05) is 0 Å². The number of carbonyl (C=O) groups excluding carboxylic acids is 1. The first-order valence-corrected chi connectivity index (χ1v) is 5.84. The predicted molar refractivity (Wildman–Crippen MR) is 55.6 cm³/mol. The van der Waals surface area contributed by atoms with Gasteiger partial charge in [0.25, 0.3) is 0 Å². The Morgan fingerprint density at radius 2 is 2.07 bits per heavy atom. The average molecular weight is 196 g/mol. The molecule has 1 saturated heterocycles. The molecule has 80 valence electrons. The van der Waals surface area contributed by atoms with E-state index in [1.54, 1.807) is 0 Å². The van der Waals surface area contributed by atoms with Crippen LogP contribution >= 0.6 is 0 Å². The van der Waals surface area contributed by atoms with Crippen molar-refractivity contribution in [2.24, 2.45) is 0 Å². The van der Waals surface area contributed by atoms with Crippen molar-refractivity contribution in [3.63, 3.8) is 0 Å². The number of nitrogens with one attached hydrogen (secondary N) is 1. The van der Waals surface area contributed by atoms with Crippen LogP contribution in [0.1, 0.15) is 51.9 Å². The second-order valence-corrected chi connectivity index (χ2v) is 4.65. The Bertz CT molecular complexity index is 221. The van der Waals surface area contributed by atoms with Crippen LogP contribution in [-0.4, -0.2) is 23.0 Å². The van der Waals surface area contributed by atoms with E-state index in [-0.39, 0.29) is 11.4 Å². The maximum atomic E-state index is 11.4. The first kappa shape index (κ1) is 9.97. The summed E-state index contributed by atoms with van der Waals surface area (Å²) in [6, 6.07) is 0. The third-order valence-corrected chi connectivity index (χ3v) is 3.55. The molecule has 3 nitrogen and oxygen atoms in total. The summed E-state index contributed by atoms with van der Waals surface area (Å²) < 4.78 is 0. The van der Waals surface area contributed by atoms with Crippen LogP contribution in [0.4, 0.5) is 0 Å². The van der Waals surface area contributed by atoms with Gasteiger partial charge in [-0.3, -0.25) is 10.2 Å². The van der Waals surface area contributed by atoms with E-state index in [4.69, 9.17) is 0 Å². The Labute approximate surface area is 85.8 Å². The second kappa shape index (κ2) is 3.89. The zero-order valence-electron chi connectivity index (χ0n) is 9.01. The molecule has 1 spiro atoms. The lowest BCUT2D eigenvalue weighted by Gasteiger charge is -2.39. The third-order valence-electron chi connectivity index (χ3n) is 3.55. The lowest BCUT2D eigenvalue weighted by Crippen LogP contribution is -2.49. The summed E-state index contributed by atoms with van der Waals surface area (Å²) in [5.74, 6) is 0.223. The minimum atomic E-state index is 0.186. The summed E-state index contributed by atoms with van der Waals surface area (Å²) in [5, 5.41) is 2.22. The predicted octanol–water partition coefficient (Wildman–Crippen LogP) is 1.84. The number of nitrogens with zero attached hydrogens (tertiary/aromatic N) is 1. The SMILES string of the molecule is CCCN1NC(=O)CC12CCCCC2. The summed E-state index contributed by atoms with van der Waals surface area (Å²) in [7, 11) is 0. The summed E-state index contributed by atoms with van der Waals surface area (Å²) in [6.45, 7) is 3.17. The molecule has 0 aromatic rings. The fraction of sp³-hybridized carbons (Fsp3) is 0.909. The highest BCUT2D eigenvalue weighted by Gasteiger charge is 2.44. The Kier molecular flexibility index (Phi) is 2.77. The zero-order valence-corrected chi connectivity index (χ0v) is 9.01. The molecule has 0 atom stereocenters. The molecular weight excluding hydrogens is 176 g/mol. The van der Waals surface area contributed by atoms with Gasteiger partial charge in [0.1, 0.15) is 0 Å². The Hall–Kier alpha value is -0.570. The van der Waals surface area contributed by atoms with Crippen LogP contribution in [0.15, 0.2) is 0 Å². The van der Waals surface area contributed by atoms with Gasteiger partial charge in [-0.25, -0.2) is 5.01 Å². The van der Waals surface area contributed by atoms with Gasteiger partial charge in [-0.05, 0) is 19.3 Å². The summed E-state index contributed by atoms with van der Waals surface area (Å²) in [5.41, 5.74) is 3.20. The summed E-state index contributed by atoms with van der Waals surface area (Å²) in [6.07, 6.45) is 8.16. The van der Waals surface area contributed by atoms with Crippen molar-refractivity contribution in [2.45, 2.75) is 57.4 Å². The van der Waals surface area contributed by atoms with Crippen LogP contribution in [0.2, 0.25) is 0 Å². The fourth-order valence-electron chi connectivity index (χ4n) is 2.88. The molecule has 0 unspecified atom stereocenters. The largest absolute Gasteiger partial charge is 0.288 e. The van der Waals surface area contributed by atoms with Gasteiger partial charge in [-0.15, -0.1) is 0 Å².